The maximum atomic E-state index is 12.9. The van der Waals surface area contributed by atoms with Gasteiger partial charge >= 0.3 is 0 Å². The van der Waals surface area contributed by atoms with E-state index in [9.17, 15) is 9.59 Å². The molecule has 3 aliphatic rings. The van der Waals surface area contributed by atoms with Crippen molar-refractivity contribution >= 4 is 11.8 Å². The number of morpholine rings is 1. The number of piperidine rings is 1. The number of amides is 2. The van der Waals surface area contributed by atoms with Gasteiger partial charge in [0.2, 0.25) is 11.8 Å². The van der Waals surface area contributed by atoms with Crippen molar-refractivity contribution in [1.82, 2.24) is 9.80 Å². The minimum absolute atomic E-state index is 0.122. The predicted molar refractivity (Wildman–Crippen MR) is 117 cm³/mol. The highest BCUT2D eigenvalue weighted by Gasteiger charge is 2.46. The van der Waals surface area contributed by atoms with Crippen LogP contribution in [0.2, 0.25) is 0 Å². The fourth-order valence-electron chi connectivity index (χ4n) is 5.89. The summed E-state index contributed by atoms with van der Waals surface area (Å²) in [6.07, 6.45) is 5.50. The normalized spacial score (nSPS) is 23.1. The first-order valence-corrected chi connectivity index (χ1v) is 11.8. The van der Waals surface area contributed by atoms with Crippen LogP contribution < -0.4 is 0 Å². The van der Waals surface area contributed by atoms with Crippen molar-refractivity contribution in [2.75, 3.05) is 39.4 Å². The van der Waals surface area contributed by atoms with Crippen LogP contribution in [0.4, 0.5) is 0 Å². The van der Waals surface area contributed by atoms with Crippen molar-refractivity contribution in [2.24, 2.45) is 5.92 Å². The number of hydrogen-bond acceptors (Lipinski definition) is 3. The molecular weight excluding hydrogens is 376 g/mol. The molecule has 2 amide bonds. The van der Waals surface area contributed by atoms with Crippen LogP contribution in [0.25, 0.3) is 0 Å². The van der Waals surface area contributed by atoms with Crippen LogP contribution in [0.15, 0.2) is 24.3 Å². The Morgan fingerprint density at radius 3 is 2.37 bits per heavy atom. The van der Waals surface area contributed by atoms with Gasteiger partial charge in [-0.3, -0.25) is 9.59 Å². The molecule has 0 saturated carbocycles. The second-order valence-corrected chi connectivity index (χ2v) is 9.30. The summed E-state index contributed by atoms with van der Waals surface area (Å²) < 4.78 is 5.40. The summed E-state index contributed by atoms with van der Waals surface area (Å²) in [4.78, 5) is 29.9. The zero-order valence-electron chi connectivity index (χ0n) is 18.6. The van der Waals surface area contributed by atoms with Crippen LogP contribution in [0, 0.1) is 5.92 Å². The highest BCUT2D eigenvalue weighted by molar-refractivity contribution is 5.79. The molecule has 2 heterocycles. The summed E-state index contributed by atoms with van der Waals surface area (Å²) in [5.74, 6) is 1.04. The third kappa shape index (κ3) is 4.01. The number of hydrogen-bond donors (Lipinski definition) is 0. The lowest BCUT2D eigenvalue weighted by atomic mass is 9.73. The lowest BCUT2D eigenvalue weighted by Gasteiger charge is -2.41. The smallest absolute Gasteiger partial charge is 0.225 e. The molecule has 4 rings (SSSR count). The van der Waals surface area contributed by atoms with Crippen molar-refractivity contribution in [3.63, 3.8) is 0 Å². The van der Waals surface area contributed by atoms with E-state index in [1.807, 2.05) is 4.90 Å². The predicted octanol–water partition coefficient (Wildman–Crippen LogP) is 3.72. The number of fused-ring (bicyclic) bond motifs is 2. The minimum Gasteiger partial charge on any atom is -0.378 e. The zero-order valence-corrected chi connectivity index (χ0v) is 18.6. The molecule has 2 fully saturated rings. The lowest BCUT2D eigenvalue weighted by Crippen LogP contribution is -2.46. The molecule has 0 bridgehead atoms. The second-order valence-electron chi connectivity index (χ2n) is 9.30. The fourth-order valence-corrected chi connectivity index (χ4v) is 5.89. The van der Waals surface area contributed by atoms with Gasteiger partial charge in [-0.1, -0.05) is 38.1 Å². The average molecular weight is 413 g/mol. The van der Waals surface area contributed by atoms with Gasteiger partial charge in [0.1, 0.15) is 0 Å². The lowest BCUT2D eigenvalue weighted by molar-refractivity contribution is -0.137. The Balaban J connectivity index is 1.46. The van der Waals surface area contributed by atoms with Crippen LogP contribution in [-0.4, -0.2) is 61.0 Å². The summed E-state index contributed by atoms with van der Waals surface area (Å²) >= 11 is 0. The van der Waals surface area contributed by atoms with E-state index < -0.39 is 0 Å². The van der Waals surface area contributed by atoms with E-state index in [-0.39, 0.29) is 23.2 Å². The molecule has 0 N–H and O–H groups in total. The molecule has 0 aromatic heterocycles. The number of ether oxygens (including phenoxy) is 1. The Labute approximate surface area is 180 Å². The first kappa shape index (κ1) is 21.4. The number of rotatable bonds is 5. The van der Waals surface area contributed by atoms with Crippen molar-refractivity contribution in [1.29, 1.82) is 0 Å². The molecule has 5 heteroatoms. The molecule has 1 aliphatic carbocycles. The Morgan fingerprint density at radius 1 is 1.03 bits per heavy atom. The van der Waals surface area contributed by atoms with Crippen molar-refractivity contribution in [3.05, 3.63) is 35.4 Å². The molecule has 5 nitrogen and oxygen atoms in total. The van der Waals surface area contributed by atoms with Gasteiger partial charge in [0, 0.05) is 38.5 Å². The Hall–Kier alpha value is -1.88. The molecule has 2 aliphatic heterocycles. The quantitative estimate of drug-likeness (QED) is 0.741. The maximum absolute atomic E-state index is 12.9. The average Bonchev–Trinajstić information content (AvgIpc) is 3.08. The summed E-state index contributed by atoms with van der Waals surface area (Å²) in [6, 6.07) is 8.74. The van der Waals surface area contributed by atoms with E-state index in [1.54, 1.807) is 0 Å². The van der Waals surface area contributed by atoms with Crippen LogP contribution in [0.5, 0.6) is 0 Å². The van der Waals surface area contributed by atoms with E-state index in [0.29, 0.717) is 38.6 Å². The number of carbonyl (C=O) groups excluding carboxylic acids is 2. The van der Waals surface area contributed by atoms with Gasteiger partial charge in [0.25, 0.3) is 0 Å². The Morgan fingerprint density at radius 2 is 1.70 bits per heavy atom. The highest BCUT2D eigenvalue weighted by atomic mass is 16.5. The summed E-state index contributed by atoms with van der Waals surface area (Å²) in [7, 11) is 0. The Kier molecular flexibility index (Phi) is 6.47. The third-order valence-electron chi connectivity index (χ3n) is 7.76. The molecule has 30 heavy (non-hydrogen) atoms. The number of carbonyl (C=O) groups is 2. The van der Waals surface area contributed by atoms with Gasteiger partial charge in [0.15, 0.2) is 0 Å². The van der Waals surface area contributed by atoms with Crippen molar-refractivity contribution < 1.29 is 14.3 Å². The first-order chi connectivity index (χ1) is 14.6. The summed E-state index contributed by atoms with van der Waals surface area (Å²) in [5.41, 5.74) is 2.91. The molecular formula is C25H36N2O3. The molecule has 0 unspecified atom stereocenters. The van der Waals surface area contributed by atoms with Gasteiger partial charge in [0.05, 0.1) is 13.2 Å². The van der Waals surface area contributed by atoms with Crippen LogP contribution in [0.3, 0.4) is 0 Å². The monoisotopic (exact) mass is 412 g/mol. The molecule has 2 saturated heterocycles. The zero-order chi connectivity index (χ0) is 21.1. The van der Waals surface area contributed by atoms with Crippen LogP contribution in [0.1, 0.15) is 69.4 Å². The standard InChI is InChI=1S/C25H36N2O3/c1-3-19(4-2)24(29)27-11-9-25(10-12-27)18-20(21-7-5-6-8-22(21)25)17-23(28)26-13-15-30-16-14-26/h5-8,19-20H,3-4,9-18H2,1-2H3/t20-/m1/s1. The summed E-state index contributed by atoms with van der Waals surface area (Å²) in [5, 5.41) is 0. The number of likely N-dealkylation sites (tertiary alicyclic amines) is 1. The SMILES string of the molecule is CCC(CC)C(=O)N1CCC2(CC1)C[C@@H](CC(=O)N1CCOCC1)c1ccccc12. The molecule has 0 radical (unpaired) electrons. The van der Waals surface area contributed by atoms with E-state index in [0.717, 1.165) is 45.2 Å². The molecule has 164 valence electrons. The van der Waals surface area contributed by atoms with Crippen molar-refractivity contribution in [2.45, 2.75) is 63.7 Å². The van der Waals surface area contributed by atoms with Gasteiger partial charge in [-0.25, -0.2) is 0 Å². The van der Waals surface area contributed by atoms with Gasteiger partial charge in [-0.15, -0.1) is 0 Å². The largest absolute Gasteiger partial charge is 0.378 e. The minimum atomic E-state index is 0.122. The maximum Gasteiger partial charge on any atom is 0.225 e. The Bertz CT molecular complexity index is 759. The summed E-state index contributed by atoms with van der Waals surface area (Å²) in [6.45, 7) is 8.63. The van der Waals surface area contributed by atoms with E-state index in [2.05, 4.69) is 43.0 Å². The number of nitrogens with zero attached hydrogens (tertiary/aromatic N) is 2. The molecule has 1 aromatic rings. The molecule has 1 aromatic carbocycles. The van der Waals surface area contributed by atoms with Gasteiger partial charge in [-0.05, 0) is 54.6 Å². The fraction of sp³-hybridized carbons (Fsp3) is 0.680. The van der Waals surface area contributed by atoms with Crippen LogP contribution >= 0.6 is 0 Å². The van der Waals surface area contributed by atoms with Gasteiger partial charge < -0.3 is 14.5 Å². The third-order valence-corrected chi connectivity index (χ3v) is 7.76. The second kappa shape index (κ2) is 9.09. The van der Waals surface area contributed by atoms with E-state index >= 15 is 0 Å². The van der Waals surface area contributed by atoms with Gasteiger partial charge in [-0.2, -0.15) is 0 Å². The van der Waals surface area contributed by atoms with Crippen molar-refractivity contribution in [3.8, 4) is 0 Å². The topological polar surface area (TPSA) is 49.9 Å². The van der Waals surface area contributed by atoms with Crippen LogP contribution in [-0.2, 0) is 19.7 Å². The highest BCUT2D eigenvalue weighted by Crippen LogP contribution is 2.52. The molecule has 1 atom stereocenters. The first-order valence-electron chi connectivity index (χ1n) is 11.8. The number of benzene rings is 1. The van der Waals surface area contributed by atoms with E-state index in [1.165, 1.54) is 11.1 Å². The molecule has 1 spiro atoms. The van der Waals surface area contributed by atoms with E-state index in [4.69, 9.17) is 4.74 Å².